The molecule has 1 heteroatoms. The molecule has 88 valence electrons. The fraction of sp³-hybridized carbons (Fsp3) is 0.250. The van der Waals surface area contributed by atoms with Crippen LogP contribution in [0.15, 0.2) is 36.4 Å². The van der Waals surface area contributed by atoms with Gasteiger partial charge in [0.2, 0.25) is 0 Å². The molecule has 0 radical (unpaired) electrons. The monoisotopic (exact) mass is 226 g/mol. The third kappa shape index (κ3) is 2.33. The van der Waals surface area contributed by atoms with Gasteiger partial charge in [-0.25, -0.2) is 0 Å². The molecule has 0 spiro atoms. The molecule has 0 fully saturated rings. The van der Waals surface area contributed by atoms with E-state index in [1.165, 1.54) is 27.8 Å². The van der Waals surface area contributed by atoms with Gasteiger partial charge in [0.1, 0.15) is 5.75 Å². The van der Waals surface area contributed by atoms with E-state index in [2.05, 4.69) is 51.1 Å². The van der Waals surface area contributed by atoms with Crippen molar-refractivity contribution in [3.05, 3.63) is 53.1 Å². The fourth-order valence-electron chi connectivity index (χ4n) is 2.06. The van der Waals surface area contributed by atoms with Crippen LogP contribution in [0, 0.1) is 20.8 Å². The molecule has 0 heterocycles. The minimum Gasteiger partial charge on any atom is -0.496 e. The molecule has 0 atom stereocenters. The highest BCUT2D eigenvalue weighted by molar-refractivity contribution is 5.74. The van der Waals surface area contributed by atoms with Crippen LogP contribution in [0.5, 0.6) is 5.75 Å². The summed E-state index contributed by atoms with van der Waals surface area (Å²) < 4.78 is 5.45. The smallest absolute Gasteiger partial charge is 0.126 e. The number of benzene rings is 2. The van der Waals surface area contributed by atoms with Crippen molar-refractivity contribution in [2.45, 2.75) is 20.8 Å². The maximum atomic E-state index is 5.45. The molecule has 0 saturated carbocycles. The predicted octanol–water partition coefficient (Wildman–Crippen LogP) is 4.29. The second-order valence-corrected chi connectivity index (χ2v) is 4.52. The Balaban J connectivity index is 2.66. The molecule has 0 amide bonds. The Labute approximate surface area is 103 Å². The number of hydrogen-bond donors (Lipinski definition) is 0. The lowest BCUT2D eigenvalue weighted by Crippen LogP contribution is -1.91. The zero-order valence-corrected chi connectivity index (χ0v) is 10.9. The van der Waals surface area contributed by atoms with Crippen LogP contribution in [-0.2, 0) is 0 Å². The van der Waals surface area contributed by atoms with Gasteiger partial charge in [0.15, 0.2) is 0 Å². The van der Waals surface area contributed by atoms with Gasteiger partial charge in [-0.05, 0) is 44.0 Å². The van der Waals surface area contributed by atoms with Gasteiger partial charge in [-0.15, -0.1) is 0 Å². The average Bonchev–Trinajstić information content (AvgIpc) is 2.32. The van der Waals surface area contributed by atoms with Crippen molar-refractivity contribution in [2.75, 3.05) is 7.11 Å². The van der Waals surface area contributed by atoms with E-state index in [-0.39, 0.29) is 0 Å². The van der Waals surface area contributed by atoms with Gasteiger partial charge in [-0.3, -0.25) is 0 Å². The zero-order chi connectivity index (χ0) is 12.4. The largest absolute Gasteiger partial charge is 0.496 e. The highest BCUT2D eigenvalue weighted by atomic mass is 16.5. The van der Waals surface area contributed by atoms with Gasteiger partial charge in [-0.1, -0.05) is 35.4 Å². The predicted molar refractivity (Wildman–Crippen MR) is 72.6 cm³/mol. The summed E-state index contributed by atoms with van der Waals surface area (Å²) >= 11 is 0. The SMILES string of the molecule is COc1ccc(C)cc1-c1cc(C)ccc1C. The summed E-state index contributed by atoms with van der Waals surface area (Å²) in [5, 5.41) is 0. The van der Waals surface area contributed by atoms with Crippen LogP contribution in [0.25, 0.3) is 11.1 Å². The summed E-state index contributed by atoms with van der Waals surface area (Å²) in [5.74, 6) is 0.935. The molecule has 0 aliphatic heterocycles. The molecule has 0 saturated heterocycles. The lowest BCUT2D eigenvalue weighted by Gasteiger charge is -2.12. The third-order valence-corrected chi connectivity index (χ3v) is 3.04. The van der Waals surface area contributed by atoms with Crippen molar-refractivity contribution >= 4 is 0 Å². The summed E-state index contributed by atoms with van der Waals surface area (Å²) in [6.07, 6.45) is 0. The number of hydrogen-bond acceptors (Lipinski definition) is 1. The van der Waals surface area contributed by atoms with Gasteiger partial charge in [0.05, 0.1) is 7.11 Å². The van der Waals surface area contributed by atoms with Crippen molar-refractivity contribution in [1.29, 1.82) is 0 Å². The molecule has 2 aromatic carbocycles. The van der Waals surface area contributed by atoms with Crippen molar-refractivity contribution < 1.29 is 4.74 Å². The van der Waals surface area contributed by atoms with E-state index in [9.17, 15) is 0 Å². The van der Waals surface area contributed by atoms with Crippen LogP contribution < -0.4 is 4.74 Å². The second kappa shape index (κ2) is 4.62. The number of ether oxygens (including phenoxy) is 1. The fourth-order valence-corrected chi connectivity index (χ4v) is 2.06. The first-order valence-electron chi connectivity index (χ1n) is 5.84. The molecule has 0 aromatic heterocycles. The average molecular weight is 226 g/mol. The third-order valence-electron chi connectivity index (χ3n) is 3.04. The van der Waals surface area contributed by atoms with Gasteiger partial charge >= 0.3 is 0 Å². The highest BCUT2D eigenvalue weighted by Crippen LogP contribution is 2.33. The highest BCUT2D eigenvalue weighted by Gasteiger charge is 2.08. The molecule has 1 nitrogen and oxygen atoms in total. The number of rotatable bonds is 2. The van der Waals surface area contributed by atoms with Crippen LogP contribution in [0.4, 0.5) is 0 Å². The van der Waals surface area contributed by atoms with Crippen molar-refractivity contribution in [3.8, 4) is 16.9 Å². The minimum absolute atomic E-state index is 0.935. The Hall–Kier alpha value is -1.76. The van der Waals surface area contributed by atoms with E-state index >= 15 is 0 Å². The van der Waals surface area contributed by atoms with E-state index in [4.69, 9.17) is 4.74 Å². The molecule has 0 aliphatic carbocycles. The molecular formula is C16H18O. The maximum Gasteiger partial charge on any atom is 0.126 e. The summed E-state index contributed by atoms with van der Waals surface area (Å²) in [5.41, 5.74) is 6.23. The van der Waals surface area contributed by atoms with E-state index in [0.717, 1.165) is 5.75 Å². The lowest BCUT2D eigenvalue weighted by atomic mass is 9.96. The number of methoxy groups -OCH3 is 1. The Bertz CT molecular complexity index is 541. The molecule has 0 bridgehead atoms. The first-order chi connectivity index (χ1) is 8.11. The quantitative estimate of drug-likeness (QED) is 0.742. The zero-order valence-electron chi connectivity index (χ0n) is 10.9. The van der Waals surface area contributed by atoms with Crippen LogP contribution in [-0.4, -0.2) is 7.11 Å². The van der Waals surface area contributed by atoms with Gasteiger partial charge in [0, 0.05) is 5.56 Å². The maximum absolute atomic E-state index is 5.45. The van der Waals surface area contributed by atoms with E-state index < -0.39 is 0 Å². The summed E-state index contributed by atoms with van der Waals surface area (Å²) in [6, 6.07) is 12.8. The topological polar surface area (TPSA) is 9.23 Å². The summed E-state index contributed by atoms with van der Waals surface area (Å²) in [6.45, 7) is 6.36. The molecule has 0 aliphatic rings. The van der Waals surface area contributed by atoms with Crippen molar-refractivity contribution in [1.82, 2.24) is 0 Å². The molecule has 0 N–H and O–H groups in total. The van der Waals surface area contributed by atoms with Crippen LogP contribution in [0.1, 0.15) is 16.7 Å². The molecule has 17 heavy (non-hydrogen) atoms. The van der Waals surface area contributed by atoms with Gasteiger partial charge < -0.3 is 4.74 Å². The minimum atomic E-state index is 0.935. The van der Waals surface area contributed by atoms with Crippen molar-refractivity contribution in [3.63, 3.8) is 0 Å². The Morgan fingerprint density at radius 2 is 1.35 bits per heavy atom. The molecule has 2 rings (SSSR count). The molecule has 2 aromatic rings. The van der Waals surface area contributed by atoms with E-state index in [1.54, 1.807) is 7.11 Å². The van der Waals surface area contributed by atoms with Crippen LogP contribution >= 0.6 is 0 Å². The summed E-state index contributed by atoms with van der Waals surface area (Å²) in [4.78, 5) is 0. The van der Waals surface area contributed by atoms with E-state index in [0.29, 0.717) is 0 Å². The van der Waals surface area contributed by atoms with Crippen molar-refractivity contribution in [2.24, 2.45) is 0 Å². The Morgan fingerprint density at radius 3 is 2.00 bits per heavy atom. The van der Waals surface area contributed by atoms with Gasteiger partial charge in [-0.2, -0.15) is 0 Å². The van der Waals surface area contributed by atoms with Crippen LogP contribution in [0.3, 0.4) is 0 Å². The summed E-state index contributed by atoms with van der Waals surface area (Å²) in [7, 11) is 1.72. The number of aryl methyl sites for hydroxylation is 3. The first-order valence-corrected chi connectivity index (χ1v) is 5.84. The van der Waals surface area contributed by atoms with Crippen LogP contribution in [0.2, 0.25) is 0 Å². The lowest BCUT2D eigenvalue weighted by molar-refractivity contribution is 0.416. The van der Waals surface area contributed by atoms with E-state index in [1.807, 2.05) is 6.07 Å². The Morgan fingerprint density at radius 1 is 0.765 bits per heavy atom. The molecule has 0 unspecified atom stereocenters. The molecular weight excluding hydrogens is 208 g/mol. The first kappa shape index (κ1) is 11.7. The van der Waals surface area contributed by atoms with Gasteiger partial charge in [0.25, 0.3) is 0 Å². The standard InChI is InChI=1S/C16H18O/c1-11-5-7-13(3)14(9-11)15-10-12(2)6-8-16(15)17-4/h5-10H,1-4H3. The second-order valence-electron chi connectivity index (χ2n) is 4.52. The normalized spacial score (nSPS) is 10.4. The Kier molecular flexibility index (Phi) is 3.19.